The second kappa shape index (κ2) is 9.52. The van der Waals surface area contributed by atoms with Crippen molar-refractivity contribution in [2.75, 3.05) is 25.0 Å². The van der Waals surface area contributed by atoms with Gasteiger partial charge in [-0.05, 0) is 49.0 Å². The molecule has 2 aromatic rings. The highest BCUT2D eigenvalue weighted by Crippen LogP contribution is 2.31. The maximum atomic E-state index is 12.5. The van der Waals surface area contributed by atoms with Gasteiger partial charge in [0.2, 0.25) is 0 Å². The molecular formula is C22H28N2O2S2. The molecule has 1 fully saturated rings. The minimum absolute atomic E-state index is 0.302. The van der Waals surface area contributed by atoms with Gasteiger partial charge in [-0.15, -0.1) is 11.3 Å². The zero-order valence-corrected chi connectivity index (χ0v) is 18.4. The number of anilines is 1. The molecule has 6 heteroatoms. The predicted octanol–water partition coefficient (Wildman–Crippen LogP) is 5.19. The van der Waals surface area contributed by atoms with Crippen LogP contribution in [-0.2, 0) is 11.2 Å². The Morgan fingerprint density at radius 3 is 2.57 bits per heavy atom. The van der Waals surface area contributed by atoms with Gasteiger partial charge in [-0.1, -0.05) is 44.2 Å². The lowest BCUT2D eigenvalue weighted by molar-refractivity contribution is 0.0528. The molecule has 0 unspecified atom stereocenters. The molecule has 150 valence electrons. The van der Waals surface area contributed by atoms with Crippen molar-refractivity contribution in [3.05, 3.63) is 52.4 Å². The Labute approximate surface area is 176 Å². The summed E-state index contributed by atoms with van der Waals surface area (Å²) in [6, 6.07) is 12.2. The van der Waals surface area contributed by atoms with Gasteiger partial charge in [0.15, 0.2) is 5.11 Å². The summed E-state index contributed by atoms with van der Waals surface area (Å²) in [5, 5.41) is 4.81. The quantitative estimate of drug-likeness (QED) is 0.537. The minimum Gasteiger partial charge on any atom is -0.462 e. The fourth-order valence-corrected chi connectivity index (χ4v) is 5.18. The van der Waals surface area contributed by atoms with Crippen molar-refractivity contribution in [3.63, 3.8) is 0 Å². The fourth-order valence-electron chi connectivity index (χ4n) is 3.78. The first-order valence-electron chi connectivity index (χ1n) is 9.86. The monoisotopic (exact) mass is 416 g/mol. The van der Waals surface area contributed by atoms with E-state index in [1.54, 1.807) is 11.3 Å². The van der Waals surface area contributed by atoms with Crippen molar-refractivity contribution < 1.29 is 9.53 Å². The Morgan fingerprint density at radius 1 is 1.25 bits per heavy atom. The first-order chi connectivity index (χ1) is 13.5. The number of piperidine rings is 1. The third-order valence-corrected chi connectivity index (χ3v) is 6.29. The van der Waals surface area contributed by atoms with E-state index in [1.165, 1.54) is 12.0 Å². The van der Waals surface area contributed by atoms with Crippen LogP contribution in [0.2, 0.25) is 0 Å². The highest BCUT2D eigenvalue weighted by molar-refractivity contribution is 7.80. The first kappa shape index (κ1) is 20.8. The van der Waals surface area contributed by atoms with Crippen LogP contribution >= 0.6 is 23.6 Å². The van der Waals surface area contributed by atoms with Gasteiger partial charge in [-0.25, -0.2) is 4.79 Å². The highest BCUT2D eigenvalue weighted by atomic mass is 32.1. The van der Waals surface area contributed by atoms with Crippen molar-refractivity contribution in [1.29, 1.82) is 0 Å². The van der Waals surface area contributed by atoms with Crippen molar-refractivity contribution >= 4 is 39.6 Å². The van der Waals surface area contributed by atoms with Gasteiger partial charge >= 0.3 is 5.97 Å². The summed E-state index contributed by atoms with van der Waals surface area (Å²) in [5.74, 6) is 0.929. The van der Waals surface area contributed by atoms with Gasteiger partial charge in [0, 0.05) is 24.4 Å². The third-order valence-electron chi connectivity index (χ3n) is 4.88. The zero-order chi connectivity index (χ0) is 20.1. The second-order valence-electron chi connectivity index (χ2n) is 7.62. The number of likely N-dealkylation sites (tertiary alicyclic amines) is 1. The van der Waals surface area contributed by atoms with Crippen LogP contribution in [0.25, 0.3) is 0 Å². The van der Waals surface area contributed by atoms with Crippen molar-refractivity contribution in [2.45, 2.75) is 33.6 Å². The molecule has 1 aromatic heterocycles. The number of esters is 1. The molecule has 0 spiro atoms. The molecule has 0 aliphatic carbocycles. The van der Waals surface area contributed by atoms with Crippen LogP contribution < -0.4 is 5.32 Å². The molecule has 1 N–H and O–H groups in total. The molecule has 2 heterocycles. The largest absolute Gasteiger partial charge is 0.462 e. The maximum absolute atomic E-state index is 12.5. The van der Waals surface area contributed by atoms with Gasteiger partial charge in [0.05, 0.1) is 12.2 Å². The van der Waals surface area contributed by atoms with Crippen molar-refractivity contribution in [3.8, 4) is 0 Å². The Kier molecular flexibility index (Phi) is 7.08. The normalized spacial score (nSPS) is 19.3. The summed E-state index contributed by atoms with van der Waals surface area (Å²) >= 11 is 7.26. The van der Waals surface area contributed by atoms with Crippen molar-refractivity contribution in [1.82, 2.24) is 4.90 Å². The van der Waals surface area contributed by atoms with Gasteiger partial charge < -0.3 is 15.0 Å². The lowest BCUT2D eigenvalue weighted by Crippen LogP contribution is -2.44. The maximum Gasteiger partial charge on any atom is 0.341 e. The van der Waals surface area contributed by atoms with E-state index in [0.29, 0.717) is 29.1 Å². The highest BCUT2D eigenvalue weighted by Gasteiger charge is 2.25. The number of carbonyl (C=O) groups excluding carboxylic acids is 1. The molecule has 0 bridgehead atoms. The molecule has 1 saturated heterocycles. The van der Waals surface area contributed by atoms with Crippen LogP contribution in [0.15, 0.2) is 36.4 Å². The Bertz CT molecular complexity index is 809. The molecule has 1 aliphatic rings. The molecule has 0 amide bonds. The summed E-state index contributed by atoms with van der Waals surface area (Å²) in [7, 11) is 0. The molecule has 0 saturated carbocycles. The number of nitrogens with zero attached hydrogens (tertiary/aromatic N) is 1. The van der Waals surface area contributed by atoms with Crippen LogP contribution in [0.1, 0.15) is 48.0 Å². The van der Waals surface area contributed by atoms with Crippen LogP contribution in [0.5, 0.6) is 0 Å². The SMILES string of the molecule is CCOC(=O)c1cc(Cc2ccccc2)sc1NC(=S)N1C[C@H](C)C[C@@H](C)C1. The Balaban J connectivity index is 1.79. The van der Waals surface area contributed by atoms with Crippen LogP contribution in [-0.4, -0.2) is 35.7 Å². The second-order valence-corrected chi connectivity index (χ2v) is 9.14. The van der Waals surface area contributed by atoms with E-state index < -0.39 is 0 Å². The number of hydrogen-bond donors (Lipinski definition) is 1. The summed E-state index contributed by atoms with van der Waals surface area (Å²) in [5.41, 5.74) is 1.78. The topological polar surface area (TPSA) is 41.6 Å². The third kappa shape index (κ3) is 5.32. The standard InChI is InChI=1S/C22H28N2O2S2/c1-4-26-21(25)19-12-18(11-17-8-6-5-7-9-17)28-20(19)23-22(27)24-13-15(2)10-16(3)14-24/h5-9,12,15-16H,4,10-11,13-14H2,1-3H3,(H,23,27)/t15-,16-/m1/s1. The number of benzene rings is 1. The molecule has 28 heavy (non-hydrogen) atoms. The van der Waals surface area contributed by atoms with E-state index in [2.05, 4.69) is 36.2 Å². The summed E-state index contributed by atoms with van der Waals surface area (Å²) in [4.78, 5) is 15.8. The van der Waals surface area contributed by atoms with E-state index in [9.17, 15) is 4.79 Å². The molecule has 1 aliphatic heterocycles. The number of nitrogens with one attached hydrogen (secondary N) is 1. The predicted molar refractivity (Wildman–Crippen MR) is 120 cm³/mol. The number of thiophene rings is 1. The van der Waals surface area contributed by atoms with Crippen LogP contribution in [0.4, 0.5) is 5.00 Å². The van der Waals surface area contributed by atoms with E-state index in [4.69, 9.17) is 17.0 Å². The van der Waals surface area contributed by atoms with E-state index in [0.717, 1.165) is 29.4 Å². The number of thiocarbonyl (C=S) groups is 1. The van der Waals surface area contributed by atoms with Gasteiger partial charge in [0.1, 0.15) is 5.00 Å². The molecule has 1 aromatic carbocycles. The molecule has 2 atom stereocenters. The first-order valence-corrected chi connectivity index (χ1v) is 11.1. The summed E-state index contributed by atoms with van der Waals surface area (Å²) in [6.07, 6.45) is 2.01. The summed E-state index contributed by atoms with van der Waals surface area (Å²) < 4.78 is 5.26. The van der Waals surface area contributed by atoms with Crippen LogP contribution in [0.3, 0.4) is 0 Å². The lowest BCUT2D eigenvalue weighted by atomic mass is 9.92. The van der Waals surface area contributed by atoms with Gasteiger partial charge in [0.25, 0.3) is 0 Å². The van der Waals surface area contributed by atoms with E-state index in [-0.39, 0.29) is 5.97 Å². The number of ether oxygens (including phenoxy) is 1. The zero-order valence-electron chi connectivity index (χ0n) is 16.7. The fraction of sp³-hybridized carbons (Fsp3) is 0.455. The lowest BCUT2D eigenvalue weighted by Gasteiger charge is -2.36. The molecule has 4 nitrogen and oxygen atoms in total. The molecule has 3 rings (SSSR count). The average molecular weight is 417 g/mol. The Morgan fingerprint density at radius 2 is 1.93 bits per heavy atom. The molecular weight excluding hydrogens is 388 g/mol. The number of rotatable bonds is 5. The van der Waals surface area contributed by atoms with E-state index >= 15 is 0 Å². The summed E-state index contributed by atoms with van der Waals surface area (Å²) in [6.45, 7) is 8.61. The van der Waals surface area contributed by atoms with Gasteiger partial charge in [-0.3, -0.25) is 0 Å². The minimum atomic E-state index is -0.302. The van der Waals surface area contributed by atoms with Crippen molar-refractivity contribution in [2.24, 2.45) is 11.8 Å². The average Bonchev–Trinajstić information content (AvgIpc) is 3.04. The van der Waals surface area contributed by atoms with Crippen LogP contribution in [0, 0.1) is 11.8 Å². The van der Waals surface area contributed by atoms with E-state index in [1.807, 2.05) is 31.2 Å². The number of carbonyl (C=O) groups is 1. The number of hydrogen-bond acceptors (Lipinski definition) is 4. The smallest absolute Gasteiger partial charge is 0.341 e. The van der Waals surface area contributed by atoms with Gasteiger partial charge in [-0.2, -0.15) is 0 Å². The Hall–Kier alpha value is -1.92. The molecule has 0 radical (unpaired) electrons.